The summed E-state index contributed by atoms with van der Waals surface area (Å²) in [5.41, 5.74) is 1.14. The minimum Gasteiger partial charge on any atom is -0.484 e. The van der Waals surface area contributed by atoms with Crippen molar-refractivity contribution in [3.63, 3.8) is 0 Å². The molecule has 6 heteroatoms. The van der Waals surface area contributed by atoms with E-state index < -0.39 is 12.8 Å². The SMILES string of the molecule is FC(F)(F)COc1ccc(C2SCCS2)cc1. The van der Waals surface area contributed by atoms with Crippen LogP contribution in [0.15, 0.2) is 24.3 Å². The highest BCUT2D eigenvalue weighted by Gasteiger charge is 2.28. The van der Waals surface area contributed by atoms with Gasteiger partial charge in [-0.15, -0.1) is 23.5 Å². The average molecular weight is 280 g/mol. The van der Waals surface area contributed by atoms with Gasteiger partial charge in [0.1, 0.15) is 5.75 Å². The summed E-state index contributed by atoms with van der Waals surface area (Å²) >= 11 is 3.72. The van der Waals surface area contributed by atoms with Crippen molar-refractivity contribution in [1.29, 1.82) is 0 Å². The van der Waals surface area contributed by atoms with Gasteiger partial charge in [-0.2, -0.15) is 13.2 Å². The van der Waals surface area contributed by atoms with Crippen LogP contribution in [0.2, 0.25) is 0 Å². The van der Waals surface area contributed by atoms with Crippen molar-refractivity contribution in [2.45, 2.75) is 10.8 Å². The van der Waals surface area contributed by atoms with Gasteiger partial charge in [0.2, 0.25) is 0 Å². The highest BCUT2D eigenvalue weighted by molar-refractivity contribution is 8.19. The zero-order valence-corrected chi connectivity index (χ0v) is 10.5. The van der Waals surface area contributed by atoms with Gasteiger partial charge in [-0.05, 0) is 17.7 Å². The molecule has 1 aliphatic rings. The first-order chi connectivity index (χ1) is 8.04. The molecule has 0 spiro atoms. The summed E-state index contributed by atoms with van der Waals surface area (Å²) in [5, 5.41) is 0. The van der Waals surface area contributed by atoms with Crippen LogP contribution < -0.4 is 4.74 Å². The number of rotatable bonds is 3. The van der Waals surface area contributed by atoms with E-state index in [1.165, 1.54) is 0 Å². The first kappa shape index (κ1) is 13.0. The van der Waals surface area contributed by atoms with Gasteiger partial charge in [0.25, 0.3) is 0 Å². The largest absolute Gasteiger partial charge is 0.484 e. The number of halogens is 3. The Morgan fingerprint density at radius 3 is 2.24 bits per heavy atom. The summed E-state index contributed by atoms with van der Waals surface area (Å²) in [6.45, 7) is -1.24. The lowest BCUT2D eigenvalue weighted by Crippen LogP contribution is -2.19. The first-order valence-electron chi connectivity index (χ1n) is 5.07. The molecule has 0 bridgehead atoms. The van der Waals surface area contributed by atoms with E-state index in [2.05, 4.69) is 4.74 Å². The molecule has 17 heavy (non-hydrogen) atoms. The van der Waals surface area contributed by atoms with Gasteiger partial charge in [-0.25, -0.2) is 0 Å². The van der Waals surface area contributed by atoms with Crippen molar-refractivity contribution in [3.8, 4) is 5.75 Å². The van der Waals surface area contributed by atoms with Gasteiger partial charge < -0.3 is 4.74 Å². The molecule has 0 aliphatic carbocycles. The Hall–Kier alpha value is -0.490. The lowest BCUT2D eigenvalue weighted by atomic mass is 10.2. The highest BCUT2D eigenvalue weighted by Crippen LogP contribution is 2.45. The summed E-state index contributed by atoms with van der Waals surface area (Å²) in [6.07, 6.45) is -4.28. The van der Waals surface area contributed by atoms with Crippen molar-refractivity contribution in [2.24, 2.45) is 0 Å². The molecule has 1 saturated heterocycles. The number of hydrogen-bond donors (Lipinski definition) is 0. The van der Waals surface area contributed by atoms with Crippen LogP contribution in [0.3, 0.4) is 0 Å². The van der Waals surface area contributed by atoms with Crippen molar-refractivity contribution in [2.75, 3.05) is 18.1 Å². The molecule has 1 aromatic rings. The molecular formula is C11H11F3OS2. The Morgan fingerprint density at radius 1 is 1.12 bits per heavy atom. The Bertz CT molecular complexity index is 358. The van der Waals surface area contributed by atoms with Crippen LogP contribution >= 0.6 is 23.5 Å². The molecule has 1 fully saturated rings. The van der Waals surface area contributed by atoms with E-state index in [9.17, 15) is 13.2 Å². The minimum atomic E-state index is -4.28. The monoisotopic (exact) mass is 280 g/mol. The summed E-state index contributed by atoms with van der Waals surface area (Å²) in [5.74, 6) is 2.52. The van der Waals surface area contributed by atoms with Crippen molar-refractivity contribution < 1.29 is 17.9 Å². The van der Waals surface area contributed by atoms with E-state index >= 15 is 0 Å². The molecule has 1 aliphatic heterocycles. The molecule has 0 amide bonds. The van der Waals surface area contributed by atoms with Crippen molar-refractivity contribution in [3.05, 3.63) is 29.8 Å². The Balaban J connectivity index is 1.93. The molecule has 2 rings (SSSR count). The van der Waals surface area contributed by atoms with Crippen LogP contribution in [0.4, 0.5) is 13.2 Å². The average Bonchev–Trinajstić information content (AvgIpc) is 2.79. The van der Waals surface area contributed by atoms with Crippen LogP contribution in [-0.4, -0.2) is 24.3 Å². The molecule has 1 nitrogen and oxygen atoms in total. The van der Waals surface area contributed by atoms with Crippen LogP contribution in [0, 0.1) is 0 Å². The van der Waals surface area contributed by atoms with E-state index in [1.54, 1.807) is 12.1 Å². The number of benzene rings is 1. The number of ether oxygens (including phenoxy) is 1. The maximum atomic E-state index is 11.9. The van der Waals surface area contributed by atoms with Gasteiger partial charge in [0.15, 0.2) is 6.61 Å². The van der Waals surface area contributed by atoms with Gasteiger partial charge in [0, 0.05) is 11.5 Å². The maximum absolute atomic E-state index is 11.9. The summed E-state index contributed by atoms with van der Waals surface area (Å²) in [7, 11) is 0. The van der Waals surface area contributed by atoms with Crippen LogP contribution in [0.25, 0.3) is 0 Å². The Kier molecular flexibility index (Phi) is 4.14. The number of hydrogen-bond acceptors (Lipinski definition) is 3. The molecule has 0 unspecified atom stereocenters. The lowest BCUT2D eigenvalue weighted by Gasteiger charge is -2.11. The van der Waals surface area contributed by atoms with E-state index in [0.717, 1.165) is 17.1 Å². The number of alkyl halides is 3. The predicted molar refractivity (Wildman–Crippen MR) is 65.6 cm³/mol. The predicted octanol–water partition coefficient (Wildman–Crippen LogP) is 4.11. The zero-order chi connectivity index (χ0) is 12.3. The van der Waals surface area contributed by atoms with E-state index in [4.69, 9.17) is 0 Å². The third kappa shape index (κ3) is 4.03. The quantitative estimate of drug-likeness (QED) is 0.824. The second-order valence-corrected chi connectivity index (χ2v) is 6.27. The van der Waals surface area contributed by atoms with E-state index in [-0.39, 0.29) is 5.75 Å². The third-order valence-electron chi connectivity index (χ3n) is 2.18. The van der Waals surface area contributed by atoms with E-state index in [0.29, 0.717) is 4.58 Å². The fourth-order valence-corrected chi connectivity index (χ4v) is 4.30. The molecule has 0 aromatic heterocycles. The Labute approximate surface area is 106 Å². The molecule has 0 atom stereocenters. The first-order valence-corrected chi connectivity index (χ1v) is 7.17. The highest BCUT2D eigenvalue weighted by atomic mass is 32.2. The molecule has 0 N–H and O–H groups in total. The third-order valence-corrected chi connectivity index (χ3v) is 5.28. The standard InChI is InChI=1S/C11H11F3OS2/c12-11(13,14)7-15-9-3-1-8(2-4-9)10-16-5-6-17-10/h1-4,10H,5-7H2. The van der Waals surface area contributed by atoms with Crippen molar-refractivity contribution >= 4 is 23.5 Å². The minimum absolute atomic E-state index is 0.263. The lowest BCUT2D eigenvalue weighted by molar-refractivity contribution is -0.153. The smallest absolute Gasteiger partial charge is 0.422 e. The zero-order valence-electron chi connectivity index (χ0n) is 8.87. The topological polar surface area (TPSA) is 9.23 Å². The molecular weight excluding hydrogens is 269 g/mol. The fourth-order valence-electron chi connectivity index (χ4n) is 1.44. The van der Waals surface area contributed by atoms with Crippen molar-refractivity contribution in [1.82, 2.24) is 0 Å². The second kappa shape index (κ2) is 5.44. The number of thioether (sulfide) groups is 2. The summed E-state index contributed by atoms with van der Waals surface area (Å²) in [6, 6.07) is 6.87. The van der Waals surface area contributed by atoms with Gasteiger partial charge in [-0.1, -0.05) is 12.1 Å². The van der Waals surface area contributed by atoms with Crippen LogP contribution in [0.1, 0.15) is 10.1 Å². The normalized spacial score (nSPS) is 17.4. The maximum Gasteiger partial charge on any atom is 0.422 e. The van der Waals surface area contributed by atoms with Crippen LogP contribution in [-0.2, 0) is 0 Å². The van der Waals surface area contributed by atoms with Gasteiger partial charge in [-0.3, -0.25) is 0 Å². The molecule has 0 radical (unpaired) electrons. The van der Waals surface area contributed by atoms with Gasteiger partial charge in [0.05, 0.1) is 4.58 Å². The fraction of sp³-hybridized carbons (Fsp3) is 0.455. The second-order valence-electron chi connectivity index (χ2n) is 3.55. The molecule has 1 heterocycles. The molecule has 94 valence electrons. The molecule has 1 aromatic carbocycles. The van der Waals surface area contributed by atoms with Crippen LogP contribution in [0.5, 0.6) is 5.75 Å². The molecule has 0 saturated carbocycles. The summed E-state index contributed by atoms with van der Waals surface area (Å²) < 4.78 is 40.9. The Morgan fingerprint density at radius 2 is 1.71 bits per heavy atom. The summed E-state index contributed by atoms with van der Waals surface area (Å²) in [4.78, 5) is 0. The van der Waals surface area contributed by atoms with Gasteiger partial charge >= 0.3 is 6.18 Å². The van der Waals surface area contributed by atoms with E-state index in [1.807, 2.05) is 35.7 Å².